The van der Waals surface area contributed by atoms with Crippen LogP contribution >= 0.6 is 24.2 Å². The first-order valence-electron chi connectivity index (χ1n) is 6.00. The lowest BCUT2D eigenvalue weighted by atomic mass is 10.2. The second-order valence-corrected chi connectivity index (χ2v) is 5.31. The molecule has 0 radical (unpaired) electrons. The van der Waals surface area contributed by atoms with Gasteiger partial charge in [0.1, 0.15) is 0 Å². The van der Waals surface area contributed by atoms with Crippen LogP contribution in [0.2, 0.25) is 0 Å². The number of nitrogens with zero attached hydrogens (tertiary/aromatic N) is 1. The maximum atomic E-state index is 12.3. The van der Waals surface area contributed by atoms with E-state index in [9.17, 15) is 13.6 Å². The molecule has 0 aromatic heterocycles. The van der Waals surface area contributed by atoms with Crippen molar-refractivity contribution in [3.8, 4) is 0 Å². The molecule has 108 valence electrons. The third-order valence-corrected chi connectivity index (χ3v) is 3.75. The van der Waals surface area contributed by atoms with E-state index in [1.807, 2.05) is 6.92 Å². The zero-order valence-corrected chi connectivity index (χ0v) is 12.2. The molecule has 1 aliphatic rings. The molecule has 1 saturated heterocycles. The van der Waals surface area contributed by atoms with Gasteiger partial charge in [-0.1, -0.05) is 6.92 Å². The highest BCUT2D eigenvalue weighted by Crippen LogP contribution is 2.12. The van der Waals surface area contributed by atoms with Crippen molar-refractivity contribution in [2.75, 3.05) is 31.1 Å². The Hall–Kier alpha value is -0.0700. The summed E-state index contributed by atoms with van der Waals surface area (Å²) < 4.78 is 24.7. The number of hydrogen-bond donors (Lipinski definition) is 1. The highest BCUT2D eigenvalue weighted by Gasteiger charge is 2.22. The van der Waals surface area contributed by atoms with Crippen molar-refractivity contribution in [2.24, 2.45) is 0 Å². The fourth-order valence-corrected chi connectivity index (χ4v) is 2.79. The van der Waals surface area contributed by atoms with E-state index in [4.69, 9.17) is 0 Å². The zero-order valence-electron chi connectivity index (χ0n) is 10.5. The largest absolute Gasteiger partial charge is 0.337 e. The molecular weight excluding hydrogens is 282 g/mol. The van der Waals surface area contributed by atoms with Crippen LogP contribution in [0.3, 0.4) is 0 Å². The first-order chi connectivity index (χ1) is 8.13. The fourth-order valence-electron chi connectivity index (χ4n) is 1.85. The van der Waals surface area contributed by atoms with E-state index in [0.29, 0.717) is 19.4 Å². The zero-order chi connectivity index (χ0) is 12.7. The number of nitrogens with one attached hydrogen (secondary N) is 1. The first kappa shape index (κ1) is 17.9. The number of hydrogen-bond acceptors (Lipinski definition) is 3. The number of carbonyl (C=O) groups is 1. The maximum Gasteiger partial charge on any atom is 0.255 e. The summed E-state index contributed by atoms with van der Waals surface area (Å²) in [6.07, 6.45) is -1.40. The summed E-state index contributed by atoms with van der Waals surface area (Å²) in [5, 5.41) is 3.24. The van der Waals surface area contributed by atoms with Crippen LogP contribution in [-0.4, -0.2) is 54.4 Å². The molecule has 0 bridgehead atoms. The number of rotatable bonds is 6. The smallest absolute Gasteiger partial charge is 0.255 e. The Balaban J connectivity index is 0.00000289. The van der Waals surface area contributed by atoms with E-state index in [1.54, 1.807) is 11.8 Å². The average Bonchev–Trinajstić information content (AvgIpc) is 2.29. The second kappa shape index (κ2) is 9.81. The van der Waals surface area contributed by atoms with Gasteiger partial charge in [-0.25, -0.2) is 8.78 Å². The Morgan fingerprint density at radius 1 is 1.56 bits per heavy atom. The molecule has 1 rings (SSSR count). The van der Waals surface area contributed by atoms with E-state index in [1.165, 1.54) is 4.90 Å². The van der Waals surface area contributed by atoms with E-state index in [0.717, 1.165) is 18.1 Å². The van der Waals surface area contributed by atoms with Crippen LogP contribution in [0.5, 0.6) is 0 Å². The minimum Gasteiger partial charge on any atom is -0.337 e. The van der Waals surface area contributed by atoms with Crippen molar-refractivity contribution in [3.63, 3.8) is 0 Å². The quantitative estimate of drug-likeness (QED) is 0.814. The molecule has 0 aromatic carbocycles. The number of alkyl halides is 2. The predicted molar refractivity (Wildman–Crippen MR) is 73.9 cm³/mol. The van der Waals surface area contributed by atoms with E-state index in [2.05, 4.69) is 5.32 Å². The van der Waals surface area contributed by atoms with Crippen molar-refractivity contribution in [1.82, 2.24) is 10.2 Å². The summed E-state index contributed by atoms with van der Waals surface area (Å²) in [5.41, 5.74) is 0. The van der Waals surface area contributed by atoms with Crippen LogP contribution in [0.1, 0.15) is 19.8 Å². The van der Waals surface area contributed by atoms with Crippen LogP contribution in [0, 0.1) is 0 Å². The molecule has 1 N–H and O–H groups in total. The predicted octanol–water partition coefficient (Wildman–Crippen LogP) is 2.01. The summed E-state index contributed by atoms with van der Waals surface area (Å²) in [6, 6.07) is 0.137. The normalized spacial score (nSPS) is 19.4. The number of carbonyl (C=O) groups excluding carboxylic acids is 1. The Labute approximate surface area is 117 Å². The lowest BCUT2D eigenvalue weighted by Gasteiger charge is -2.27. The molecular formula is C11H21ClF2N2OS. The average molecular weight is 303 g/mol. The van der Waals surface area contributed by atoms with Gasteiger partial charge in [0.15, 0.2) is 0 Å². The molecule has 18 heavy (non-hydrogen) atoms. The van der Waals surface area contributed by atoms with Crippen molar-refractivity contribution in [2.45, 2.75) is 32.2 Å². The monoisotopic (exact) mass is 302 g/mol. The Kier molecular flexibility index (Phi) is 9.77. The molecule has 0 aromatic rings. The number of amides is 1. The van der Waals surface area contributed by atoms with Crippen molar-refractivity contribution >= 4 is 30.1 Å². The van der Waals surface area contributed by atoms with Gasteiger partial charge in [0.05, 0.1) is 6.54 Å². The van der Waals surface area contributed by atoms with E-state index < -0.39 is 13.0 Å². The molecule has 7 heteroatoms. The highest BCUT2D eigenvalue weighted by atomic mass is 35.5. The SMILES string of the molecule is CCCN(CC(F)F)C(=O)CC1CSCCN1.Cl. The molecule has 1 fully saturated rings. The summed E-state index contributed by atoms with van der Waals surface area (Å²) in [6.45, 7) is 2.77. The summed E-state index contributed by atoms with van der Waals surface area (Å²) in [7, 11) is 0. The molecule has 1 aliphatic heterocycles. The lowest BCUT2D eigenvalue weighted by Crippen LogP contribution is -2.44. The van der Waals surface area contributed by atoms with Crippen LogP contribution in [-0.2, 0) is 4.79 Å². The minimum absolute atomic E-state index is 0. The molecule has 1 unspecified atom stereocenters. The number of halogens is 3. The van der Waals surface area contributed by atoms with Crippen LogP contribution in [0.4, 0.5) is 8.78 Å². The standard InChI is InChI=1S/C11H20F2N2OS.ClH/c1-2-4-15(7-10(12)13)11(16)6-9-8-17-5-3-14-9;/h9-10,14H,2-8H2,1H3;1H. The third kappa shape index (κ3) is 6.75. The van der Waals surface area contributed by atoms with Gasteiger partial charge in [-0.15, -0.1) is 12.4 Å². The van der Waals surface area contributed by atoms with Crippen LogP contribution in [0.15, 0.2) is 0 Å². The second-order valence-electron chi connectivity index (χ2n) is 4.16. The van der Waals surface area contributed by atoms with Gasteiger partial charge in [-0.2, -0.15) is 11.8 Å². The van der Waals surface area contributed by atoms with Gasteiger partial charge in [0, 0.05) is 37.1 Å². The van der Waals surface area contributed by atoms with Crippen molar-refractivity contribution in [1.29, 1.82) is 0 Å². The van der Waals surface area contributed by atoms with Gasteiger partial charge in [0.2, 0.25) is 5.91 Å². The van der Waals surface area contributed by atoms with Gasteiger partial charge < -0.3 is 10.2 Å². The van der Waals surface area contributed by atoms with Gasteiger partial charge in [-0.3, -0.25) is 4.79 Å². The van der Waals surface area contributed by atoms with E-state index >= 15 is 0 Å². The molecule has 1 amide bonds. The number of thioether (sulfide) groups is 1. The van der Waals surface area contributed by atoms with Gasteiger partial charge in [0.25, 0.3) is 6.43 Å². The summed E-state index contributed by atoms with van der Waals surface area (Å²) in [5.74, 6) is 1.79. The van der Waals surface area contributed by atoms with Crippen molar-refractivity contribution in [3.05, 3.63) is 0 Å². The highest BCUT2D eigenvalue weighted by molar-refractivity contribution is 7.99. The topological polar surface area (TPSA) is 32.3 Å². The lowest BCUT2D eigenvalue weighted by molar-refractivity contribution is -0.133. The Morgan fingerprint density at radius 2 is 2.28 bits per heavy atom. The molecule has 0 spiro atoms. The maximum absolute atomic E-state index is 12.3. The minimum atomic E-state index is -2.45. The summed E-state index contributed by atoms with van der Waals surface area (Å²) in [4.78, 5) is 13.2. The van der Waals surface area contributed by atoms with Crippen molar-refractivity contribution < 1.29 is 13.6 Å². The van der Waals surface area contributed by atoms with Gasteiger partial charge >= 0.3 is 0 Å². The third-order valence-electron chi connectivity index (χ3n) is 2.62. The van der Waals surface area contributed by atoms with Crippen LogP contribution < -0.4 is 5.32 Å². The fraction of sp³-hybridized carbons (Fsp3) is 0.909. The Bertz CT molecular complexity index is 241. The molecule has 0 saturated carbocycles. The molecule has 1 heterocycles. The van der Waals surface area contributed by atoms with Crippen LogP contribution in [0.25, 0.3) is 0 Å². The summed E-state index contributed by atoms with van der Waals surface area (Å²) >= 11 is 1.80. The van der Waals surface area contributed by atoms with E-state index in [-0.39, 0.29) is 24.4 Å². The molecule has 1 atom stereocenters. The first-order valence-corrected chi connectivity index (χ1v) is 7.16. The Morgan fingerprint density at radius 3 is 2.78 bits per heavy atom. The van der Waals surface area contributed by atoms with Gasteiger partial charge in [-0.05, 0) is 6.42 Å². The molecule has 3 nitrogen and oxygen atoms in total. The molecule has 0 aliphatic carbocycles.